The molecular weight excluding hydrogens is 128 g/mol. The third kappa shape index (κ3) is 2.35. The van der Waals surface area contributed by atoms with Gasteiger partial charge in [0, 0.05) is 6.20 Å². The van der Waals surface area contributed by atoms with Crippen molar-refractivity contribution in [1.82, 2.24) is 4.98 Å². The minimum absolute atomic E-state index is 0.421. The van der Waals surface area contributed by atoms with Crippen LogP contribution in [-0.2, 0) is 0 Å². The highest BCUT2D eigenvalue weighted by atomic mass is 16.1. The number of carbonyl (C=O) groups excluding carboxylic acids is 1. The van der Waals surface area contributed by atoms with Crippen LogP contribution >= 0.6 is 0 Å². The number of hydrogen-bond donors (Lipinski definition) is 2. The Morgan fingerprint density at radius 1 is 1.60 bits per heavy atom. The number of aromatic nitrogens is 1. The van der Waals surface area contributed by atoms with E-state index >= 15 is 0 Å². The van der Waals surface area contributed by atoms with Gasteiger partial charge in [0.1, 0.15) is 5.69 Å². The Bertz CT molecular complexity index is 179. The van der Waals surface area contributed by atoms with Gasteiger partial charge in [0.05, 0.1) is 0 Å². The molecule has 0 aliphatic heterocycles. The summed E-state index contributed by atoms with van der Waals surface area (Å²) < 4.78 is 0. The molecule has 0 aliphatic carbocycles. The van der Waals surface area contributed by atoms with Gasteiger partial charge in [-0.3, -0.25) is 4.79 Å². The van der Waals surface area contributed by atoms with E-state index in [0.29, 0.717) is 5.69 Å². The van der Waals surface area contributed by atoms with E-state index < -0.39 is 5.91 Å². The lowest BCUT2D eigenvalue weighted by Gasteiger charge is -1.82. The average Bonchev–Trinajstić information content (AvgIpc) is 2.42. The Morgan fingerprint density at radius 2 is 2.20 bits per heavy atom. The number of hydrogen-bond acceptors (Lipinski definition) is 1. The molecule has 0 aromatic carbocycles. The number of primary amides is 1. The van der Waals surface area contributed by atoms with Gasteiger partial charge in [0.2, 0.25) is 0 Å². The second kappa shape index (κ2) is 4.61. The average molecular weight is 140 g/mol. The lowest BCUT2D eigenvalue weighted by molar-refractivity contribution is 0.0996. The predicted molar refractivity (Wildman–Crippen MR) is 40.7 cm³/mol. The van der Waals surface area contributed by atoms with Gasteiger partial charge in [-0.2, -0.15) is 0 Å². The Balaban J connectivity index is 0.000000371. The molecule has 10 heavy (non-hydrogen) atoms. The molecule has 0 spiro atoms. The largest absolute Gasteiger partial charge is 0.364 e. The maximum Gasteiger partial charge on any atom is 0.265 e. The van der Waals surface area contributed by atoms with Crippen LogP contribution in [0.2, 0.25) is 0 Å². The zero-order chi connectivity index (χ0) is 7.98. The molecule has 1 aromatic heterocycles. The van der Waals surface area contributed by atoms with Crippen molar-refractivity contribution >= 4 is 5.91 Å². The molecule has 3 heteroatoms. The molecule has 0 atom stereocenters. The van der Waals surface area contributed by atoms with E-state index in [1.54, 1.807) is 18.3 Å². The van der Waals surface area contributed by atoms with Gasteiger partial charge in [-0.05, 0) is 12.1 Å². The van der Waals surface area contributed by atoms with Crippen molar-refractivity contribution in [1.29, 1.82) is 0 Å². The fourth-order valence-electron chi connectivity index (χ4n) is 0.484. The van der Waals surface area contributed by atoms with Crippen LogP contribution in [0.15, 0.2) is 18.3 Å². The molecule has 0 bridgehead atoms. The molecule has 56 valence electrons. The zero-order valence-corrected chi connectivity index (χ0v) is 6.22. The Kier molecular flexibility index (Phi) is 4.04. The number of nitrogens with two attached hydrogens (primary N) is 1. The molecule has 1 heterocycles. The highest BCUT2D eigenvalue weighted by Crippen LogP contribution is 1.89. The number of rotatable bonds is 1. The molecule has 1 amide bonds. The van der Waals surface area contributed by atoms with Crippen LogP contribution in [0.3, 0.4) is 0 Å². The van der Waals surface area contributed by atoms with Crippen molar-refractivity contribution in [3.8, 4) is 0 Å². The van der Waals surface area contributed by atoms with E-state index in [2.05, 4.69) is 4.98 Å². The standard InChI is InChI=1S/C5H6N2O.C2H6/c6-5(8)4-2-1-3-7-4;1-2/h1-3,7H,(H2,6,8);1-2H3. The highest BCUT2D eigenvalue weighted by Gasteiger charge is 1.95. The van der Waals surface area contributed by atoms with Crippen molar-refractivity contribution in [2.45, 2.75) is 13.8 Å². The Hall–Kier alpha value is -1.25. The first-order chi connectivity index (χ1) is 4.80. The number of H-pyrrole nitrogens is 1. The lowest BCUT2D eigenvalue weighted by atomic mass is 10.4. The van der Waals surface area contributed by atoms with Crippen molar-refractivity contribution in [2.75, 3.05) is 0 Å². The van der Waals surface area contributed by atoms with E-state index in [9.17, 15) is 4.79 Å². The van der Waals surface area contributed by atoms with Crippen LogP contribution in [0.5, 0.6) is 0 Å². The fraction of sp³-hybridized carbons (Fsp3) is 0.286. The first-order valence-electron chi connectivity index (χ1n) is 3.24. The van der Waals surface area contributed by atoms with Gasteiger partial charge in [-0.15, -0.1) is 0 Å². The van der Waals surface area contributed by atoms with Crippen LogP contribution < -0.4 is 5.73 Å². The number of aromatic amines is 1. The zero-order valence-electron chi connectivity index (χ0n) is 6.22. The van der Waals surface area contributed by atoms with Gasteiger partial charge in [-0.25, -0.2) is 0 Å². The van der Waals surface area contributed by atoms with Crippen LogP contribution in [0.1, 0.15) is 24.3 Å². The predicted octanol–water partition coefficient (Wildman–Crippen LogP) is 1.14. The van der Waals surface area contributed by atoms with Crippen molar-refractivity contribution in [3.63, 3.8) is 0 Å². The first kappa shape index (κ1) is 8.75. The third-order valence-electron chi connectivity index (χ3n) is 0.863. The van der Waals surface area contributed by atoms with Crippen molar-refractivity contribution in [2.24, 2.45) is 5.73 Å². The summed E-state index contributed by atoms with van der Waals surface area (Å²) >= 11 is 0. The van der Waals surface area contributed by atoms with Gasteiger partial charge >= 0.3 is 0 Å². The summed E-state index contributed by atoms with van der Waals surface area (Å²) in [5, 5.41) is 0. The van der Waals surface area contributed by atoms with Crippen LogP contribution in [0, 0.1) is 0 Å². The fourth-order valence-corrected chi connectivity index (χ4v) is 0.484. The summed E-state index contributed by atoms with van der Waals surface area (Å²) in [4.78, 5) is 12.9. The second-order valence-electron chi connectivity index (χ2n) is 1.45. The minimum Gasteiger partial charge on any atom is -0.364 e. The van der Waals surface area contributed by atoms with Crippen molar-refractivity contribution in [3.05, 3.63) is 24.0 Å². The third-order valence-corrected chi connectivity index (χ3v) is 0.863. The summed E-state index contributed by atoms with van der Waals surface area (Å²) in [6, 6.07) is 3.35. The number of amides is 1. The van der Waals surface area contributed by atoms with E-state index in [4.69, 9.17) is 5.73 Å². The van der Waals surface area contributed by atoms with E-state index in [1.165, 1.54) is 0 Å². The monoisotopic (exact) mass is 140 g/mol. The van der Waals surface area contributed by atoms with Crippen LogP contribution in [-0.4, -0.2) is 10.9 Å². The van der Waals surface area contributed by atoms with Gasteiger partial charge in [-0.1, -0.05) is 13.8 Å². The van der Waals surface area contributed by atoms with Gasteiger partial charge in [0.15, 0.2) is 0 Å². The lowest BCUT2D eigenvalue weighted by Crippen LogP contribution is -2.10. The molecule has 0 saturated heterocycles. The first-order valence-corrected chi connectivity index (χ1v) is 3.24. The second-order valence-corrected chi connectivity index (χ2v) is 1.45. The quantitative estimate of drug-likeness (QED) is 0.603. The highest BCUT2D eigenvalue weighted by molar-refractivity contribution is 5.90. The molecule has 0 aliphatic rings. The minimum atomic E-state index is -0.421. The molecule has 0 fully saturated rings. The number of carbonyl (C=O) groups is 1. The van der Waals surface area contributed by atoms with Gasteiger partial charge < -0.3 is 10.7 Å². The Morgan fingerprint density at radius 3 is 2.40 bits per heavy atom. The Labute approximate surface area is 60.2 Å². The summed E-state index contributed by atoms with van der Waals surface area (Å²) in [6.07, 6.45) is 1.65. The molecule has 1 aromatic rings. The maximum absolute atomic E-state index is 10.3. The summed E-state index contributed by atoms with van der Waals surface area (Å²) in [5.41, 5.74) is 5.34. The molecule has 3 nitrogen and oxygen atoms in total. The maximum atomic E-state index is 10.3. The van der Waals surface area contributed by atoms with Crippen molar-refractivity contribution < 1.29 is 4.79 Å². The normalized spacial score (nSPS) is 7.80. The molecule has 0 saturated carbocycles. The molecule has 1 rings (SSSR count). The molecular formula is C7H12N2O. The summed E-state index contributed by atoms with van der Waals surface area (Å²) in [7, 11) is 0. The topological polar surface area (TPSA) is 58.9 Å². The van der Waals surface area contributed by atoms with E-state index in [-0.39, 0.29) is 0 Å². The SMILES string of the molecule is CC.NC(=O)c1ccc[nH]1. The number of nitrogens with one attached hydrogen (secondary N) is 1. The van der Waals surface area contributed by atoms with E-state index in [1.807, 2.05) is 13.8 Å². The molecule has 0 unspecified atom stereocenters. The molecule has 3 N–H and O–H groups in total. The van der Waals surface area contributed by atoms with Crippen LogP contribution in [0.4, 0.5) is 0 Å². The summed E-state index contributed by atoms with van der Waals surface area (Å²) in [5.74, 6) is -0.421. The van der Waals surface area contributed by atoms with E-state index in [0.717, 1.165) is 0 Å². The van der Waals surface area contributed by atoms with Crippen LogP contribution in [0.25, 0.3) is 0 Å². The smallest absolute Gasteiger partial charge is 0.265 e. The summed E-state index contributed by atoms with van der Waals surface area (Å²) in [6.45, 7) is 4.00. The van der Waals surface area contributed by atoms with Gasteiger partial charge in [0.25, 0.3) is 5.91 Å². The molecule has 0 radical (unpaired) electrons.